The summed E-state index contributed by atoms with van der Waals surface area (Å²) in [5, 5.41) is 0. The fraction of sp³-hybridized carbons (Fsp3) is 0.926. The maximum atomic E-state index is 13.0. The highest BCUT2D eigenvalue weighted by Crippen LogP contribution is 2.34. The summed E-state index contributed by atoms with van der Waals surface area (Å²) in [4.78, 5) is 32.6. The summed E-state index contributed by atoms with van der Waals surface area (Å²) in [6.07, 6.45) is 10.0. The van der Waals surface area contributed by atoms with E-state index >= 15 is 0 Å². The first-order valence-corrected chi connectivity index (χ1v) is 13.7. The quantitative estimate of drug-likeness (QED) is 0.578. The molecule has 0 aromatic rings. The van der Waals surface area contributed by atoms with Gasteiger partial charge in [0.1, 0.15) is 5.78 Å². The first-order chi connectivity index (χ1) is 15.4. The molecule has 184 valence electrons. The minimum Gasteiger partial charge on any atom is -0.342 e. The SMILES string of the molecule is CC.CC(C)C(=O)C1CCC(C(=O)N2CCC(CCCN3CC4CC3CN4C)CC2)CC1. The van der Waals surface area contributed by atoms with E-state index in [4.69, 9.17) is 0 Å². The maximum Gasteiger partial charge on any atom is 0.225 e. The average molecular weight is 448 g/mol. The lowest BCUT2D eigenvalue weighted by molar-refractivity contribution is -0.139. The zero-order chi connectivity index (χ0) is 23.3. The first-order valence-electron chi connectivity index (χ1n) is 13.7. The van der Waals surface area contributed by atoms with Gasteiger partial charge < -0.3 is 9.80 Å². The molecule has 5 nitrogen and oxygen atoms in total. The Balaban J connectivity index is 0.00000141. The second-order valence-electron chi connectivity index (χ2n) is 11.0. The lowest BCUT2D eigenvalue weighted by atomic mass is 9.77. The zero-order valence-electron chi connectivity index (χ0n) is 21.5. The summed E-state index contributed by atoms with van der Waals surface area (Å²) in [6, 6.07) is 1.62. The van der Waals surface area contributed by atoms with Gasteiger partial charge in [-0.15, -0.1) is 0 Å². The standard InChI is InChI=1S/C25H43N3O2.C2H6/c1-18(2)24(29)20-6-8-21(9-7-20)25(30)27-13-10-19(11-14-27)5-4-12-28-17-22-15-23(28)16-26(22)3;1-2/h18-23H,4-17H2,1-3H3;1-2H3. The van der Waals surface area contributed by atoms with Crippen molar-refractivity contribution in [2.75, 3.05) is 39.8 Å². The zero-order valence-corrected chi connectivity index (χ0v) is 21.5. The van der Waals surface area contributed by atoms with Crippen LogP contribution in [0.15, 0.2) is 0 Å². The number of carbonyl (C=O) groups is 2. The summed E-state index contributed by atoms with van der Waals surface area (Å²) in [5.74, 6) is 2.07. The molecule has 2 bridgehead atoms. The number of likely N-dealkylation sites (N-methyl/N-ethyl adjacent to an activating group) is 1. The Labute approximate surface area is 197 Å². The molecule has 3 saturated heterocycles. The minimum absolute atomic E-state index is 0.128. The summed E-state index contributed by atoms with van der Waals surface area (Å²) < 4.78 is 0. The molecule has 2 unspecified atom stereocenters. The molecule has 4 rings (SSSR count). The number of piperazine rings is 1. The van der Waals surface area contributed by atoms with Gasteiger partial charge in [0.25, 0.3) is 0 Å². The monoisotopic (exact) mass is 447 g/mol. The van der Waals surface area contributed by atoms with Gasteiger partial charge in [0.2, 0.25) is 5.91 Å². The molecule has 1 amide bonds. The topological polar surface area (TPSA) is 43.9 Å². The van der Waals surface area contributed by atoms with Crippen LogP contribution in [0.5, 0.6) is 0 Å². The van der Waals surface area contributed by atoms with E-state index in [9.17, 15) is 9.59 Å². The summed E-state index contributed by atoms with van der Waals surface area (Å²) in [5.41, 5.74) is 0. The van der Waals surface area contributed by atoms with Gasteiger partial charge in [-0.1, -0.05) is 27.7 Å². The van der Waals surface area contributed by atoms with Gasteiger partial charge in [0.15, 0.2) is 0 Å². The second-order valence-corrected chi connectivity index (χ2v) is 11.0. The number of piperidine rings is 1. The fourth-order valence-electron chi connectivity index (χ4n) is 6.60. The molecular weight excluding hydrogens is 398 g/mol. The van der Waals surface area contributed by atoms with Crippen LogP contribution in [0.4, 0.5) is 0 Å². The molecule has 5 heteroatoms. The highest BCUT2D eigenvalue weighted by atomic mass is 16.2. The van der Waals surface area contributed by atoms with Gasteiger partial charge in [-0.05, 0) is 77.3 Å². The number of carbonyl (C=O) groups excluding carboxylic acids is 2. The Morgan fingerprint density at radius 1 is 0.875 bits per heavy atom. The smallest absolute Gasteiger partial charge is 0.225 e. The Morgan fingerprint density at radius 2 is 1.50 bits per heavy atom. The van der Waals surface area contributed by atoms with Crippen LogP contribution in [0.1, 0.15) is 85.5 Å². The third kappa shape index (κ3) is 6.14. The molecule has 0 radical (unpaired) electrons. The van der Waals surface area contributed by atoms with Crippen LogP contribution in [0.25, 0.3) is 0 Å². The summed E-state index contributed by atoms with van der Waals surface area (Å²) in [7, 11) is 2.27. The molecule has 0 aromatic heterocycles. The van der Waals surface area contributed by atoms with Crippen molar-refractivity contribution in [2.24, 2.45) is 23.7 Å². The average Bonchev–Trinajstić information content (AvgIpc) is 3.39. The summed E-state index contributed by atoms with van der Waals surface area (Å²) >= 11 is 0. The predicted molar refractivity (Wildman–Crippen MR) is 132 cm³/mol. The molecule has 1 saturated carbocycles. The van der Waals surface area contributed by atoms with Crippen molar-refractivity contribution in [3.63, 3.8) is 0 Å². The van der Waals surface area contributed by atoms with Gasteiger partial charge in [-0.25, -0.2) is 0 Å². The van der Waals surface area contributed by atoms with Crippen LogP contribution in [0, 0.1) is 23.7 Å². The molecule has 0 N–H and O–H groups in total. The molecule has 32 heavy (non-hydrogen) atoms. The molecule has 1 aliphatic carbocycles. The van der Waals surface area contributed by atoms with Crippen molar-refractivity contribution in [3.05, 3.63) is 0 Å². The molecule has 3 aliphatic heterocycles. The van der Waals surface area contributed by atoms with Gasteiger partial charge in [-0.2, -0.15) is 0 Å². The van der Waals surface area contributed by atoms with E-state index in [0.29, 0.717) is 11.7 Å². The van der Waals surface area contributed by atoms with Crippen molar-refractivity contribution in [1.82, 2.24) is 14.7 Å². The van der Waals surface area contributed by atoms with Gasteiger partial charge in [0.05, 0.1) is 0 Å². The molecule has 4 fully saturated rings. The van der Waals surface area contributed by atoms with E-state index in [0.717, 1.165) is 56.8 Å². The molecular formula is C27H49N3O2. The molecule has 4 aliphatic rings. The lowest BCUT2D eigenvalue weighted by Gasteiger charge is -2.37. The van der Waals surface area contributed by atoms with Crippen LogP contribution in [0.3, 0.4) is 0 Å². The Morgan fingerprint density at radius 3 is 2.03 bits per heavy atom. The third-order valence-corrected chi connectivity index (χ3v) is 8.66. The van der Waals surface area contributed by atoms with Crippen LogP contribution < -0.4 is 0 Å². The highest BCUT2D eigenvalue weighted by molar-refractivity contribution is 5.83. The number of fused-ring (bicyclic) bond motifs is 2. The molecule has 0 aromatic carbocycles. The van der Waals surface area contributed by atoms with Crippen molar-refractivity contribution < 1.29 is 9.59 Å². The molecule has 2 atom stereocenters. The number of hydrogen-bond acceptors (Lipinski definition) is 4. The lowest BCUT2D eigenvalue weighted by Crippen LogP contribution is -2.45. The number of likely N-dealkylation sites (tertiary alicyclic amines) is 3. The number of amides is 1. The van der Waals surface area contributed by atoms with Crippen molar-refractivity contribution in [1.29, 1.82) is 0 Å². The van der Waals surface area contributed by atoms with E-state index in [1.807, 2.05) is 27.7 Å². The number of rotatable bonds is 7. The fourth-order valence-corrected chi connectivity index (χ4v) is 6.60. The van der Waals surface area contributed by atoms with Crippen LogP contribution in [0.2, 0.25) is 0 Å². The van der Waals surface area contributed by atoms with E-state index in [1.165, 1.54) is 51.7 Å². The Hall–Kier alpha value is -0.940. The predicted octanol–water partition coefficient (Wildman–Crippen LogP) is 4.45. The minimum atomic E-state index is 0.128. The molecule has 0 spiro atoms. The van der Waals surface area contributed by atoms with Gasteiger partial charge in [-0.3, -0.25) is 14.5 Å². The van der Waals surface area contributed by atoms with E-state index in [1.54, 1.807) is 0 Å². The van der Waals surface area contributed by atoms with Crippen LogP contribution in [-0.2, 0) is 9.59 Å². The van der Waals surface area contributed by atoms with Gasteiger partial charge in [0, 0.05) is 56.0 Å². The molecule has 3 heterocycles. The van der Waals surface area contributed by atoms with E-state index < -0.39 is 0 Å². The maximum absolute atomic E-state index is 13.0. The van der Waals surface area contributed by atoms with E-state index in [2.05, 4.69) is 21.7 Å². The Bertz CT molecular complexity index is 604. The summed E-state index contributed by atoms with van der Waals surface area (Å²) in [6.45, 7) is 13.7. The van der Waals surface area contributed by atoms with Gasteiger partial charge >= 0.3 is 0 Å². The normalized spacial score (nSPS) is 31.6. The Kier molecular flexibility index (Phi) is 9.60. The van der Waals surface area contributed by atoms with E-state index in [-0.39, 0.29) is 17.8 Å². The van der Waals surface area contributed by atoms with Crippen LogP contribution >= 0.6 is 0 Å². The number of ketones is 1. The first kappa shape index (κ1) is 25.7. The largest absolute Gasteiger partial charge is 0.342 e. The third-order valence-electron chi connectivity index (χ3n) is 8.66. The number of Topliss-reactive ketones (excluding diaryl/α,β-unsaturated/α-hetero) is 1. The van der Waals surface area contributed by atoms with Crippen molar-refractivity contribution in [2.45, 2.75) is 97.6 Å². The van der Waals surface area contributed by atoms with Crippen molar-refractivity contribution in [3.8, 4) is 0 Å². The van der Waals surface area contributed by atoms with Crippen molar-refractivity contribution >= 4 is 11.7 Å². The van der Waals surface area contributed by atoms with Crippen LogP contribution in [-0.4, -0.2) is 78.2 Å². The number of nitrogens with zero attached hydrogens (tertiary/aromatic N) is 3. The number of hydrogen-bond donors (Lipinski definition) is 0. The highest BCUT2D eigenvalue weighted by Gasteiger charge is 2.41. The second kappa shape index (κ2) is 12.0.